The van der Waals surface area contributed by atoms with Crippen LogP contribution in [0.4, 0.5) is 0 Å². The van der Waals surface area contributed by atoms with Crippen LogP contribution in [0.15, 0.2) is 0 Å². The number of carboxylic acid groups (broad SMARTS) is 3. The first kappa shape index (κ1) is 19.6. The number of carboxylic acids is 3. The Hall–Kier alpha value is -0.930. The molecule has 0 bridgehead atoms. The minimum absolute atomic E-state index is 0. The maximum atomic E-state index is 10.3. The van der Waals surface area contributed by atoms with Crippen LogP contribution in [-0.4, -0.2) is 43.9 Å². The van der Waals surface area contributed by atoms with Crippen LogP contribution in [0.3, 0.4) is 0 Å². The molecule has 0 aliphatic rings. The average molecular weight is 302 g/mol. The molecule has 87 valence electrons. The predicted molar refractivity (Wildman–Crippen MR) is 42.1 cm³/mol. The topological polar surface area (TPSA) is 167 Å². The van der Waals surface area contributed by atoms with Crippen LogP contribution >= 0.6 is 0 Å². The maximum absolute atomic E-state index is 10.3. The standard InChI is InChI=1S/C6H8O7.H3N.Nb/c7-3(8)1-6(13,5(11)12)2-4(9)10;;/h13H,1-2H2,(H,7,8)(H,9,10)(H,11,12);1H3;. The van der Waals surface area contributed by atoms with Gasteiger partial charge in [0.05, 0.1) is 12.8 Å². The van der Waals surface area contributed by atoms with Crippen molar-refractivity contribution in [2.24, 2.45) is 0 Å². The summed E-state index contributed by atoms with van der Waals surface area (Å²) in [5, 5.41) is 33.8. The van der Waals surface area contributed by atoms with Crippen LogP contribution < -0.4 is 6.15 Å². The minimum atomic E-state index is -2.74. The summed E-state index contributed by atoms with van der Waals surface area (Å²) < 4.78 is 0. The number of carbonyl (C=O) groups is 3. The zero-order valence-electron chi connectivity index (χ0n) is 7.58. The number of rotatable bonds is 5. The molecule has 1 radical (unpaired) electrons. The largest absolute Gasteiger partial charge is 0.481 e. The number of aliphatic carboxylic acids is 3. The van der Waals surface area contributed by atoms with Crippen LogP contribution in [0.2, 0.25) is 0 Å². The predicted octanol–water partition coefficient (Wildman–Crippen LogP) is -1.09. The maximum Gasteiger partial charge on any atom is 0.336 e. The molecule has 8 nitrogen and oxygen atoms in total. The summed E-state index contributed by atoms with van der Waals surface area (Å²) in [5.41, 5.74) is -2.74. The molecule has 0 fully saturated rings. The quantitative estimate of drug-likeness (QED) is 0.399. The molecule has 0 aliphatic carbocycles. The second kappa shape index (κ2) is 7.37. The number of aliphatic hydroxyl groups is 1. The Morgan fingerprint density at radius 3 is 1.33 bits per heavy atom. The van der Waals surface area contributed by atoms with Gasteiger partial charge in [0.1, 0.15) is 0 Å². The van der Waals surface area contributed by atoms with Gasteiger partial charge in [0, 0.05) is 22.4 Å². The molecule has 0 aromatic rings. The molecular formula is C6H11NNbO7. The van der Waals surface area contributed by atoms with Crippen molar-refractivity contribution >= 4 is 17.9 Å². The van der Waals surface area contributed by atoms with Crippen molar-refractivity contribution in [3.63, 3.8) is 0 Å². The van der Waals surface area contributed by atoms with Crippen molar-refractivity contribution in [3.05, 3.63) is 0 Å². The summed E-state index contributed by atoms with van der Waals surface area (Å²) in [5.74, 6) is -5.02. The van der Waals surface area contributed by atoms with Gasteiger partial charge >= 0.3 is 17.9 Å². The molecule has 0 unspecified atom stereocenters. The van der Waals surface area contributed by atoms with Crippen molar-refractivity contribution in [1.29, 1.82) is 0 Å². The third-order valence-electron chi connectivity index (χ3n) is 1.29. The molecule has 15 heavy (non-hydrogen) atoms. The Morgan fingerprint density at radius 2 is 1.20 bits per heavy atom. The normalized spacial score (nSPS) is 9.40. The fourth-order valence-electron chi connectivity index (χ4n) is 0.714. The molecule has 0 aliphatic heterocycles. The summed E-state index contributed by atoms with van der Waals surface area (Å²) in [6, 6.07) is 0. The first-order valence-corrected chi connectivity index (χ1v) is 3.17. The van der Waals surface area contributed by atoms with Crippen LogP contribution in [0.1, 0.15) is 12.8 Å². The van der Waals surface area contributed by atoms with Gasteiger partial charge < -0.3 is 26.6 Å². The Labute approximate surface area is 100.0 Å². The van der Waals surface area contributed by atoms with E-state index in [4.69, 9.17) is 20.4 Å². The zero-order valence-corrected chi connectivity index (χ0v) is 9.78. The molecule has 0 heterocycles. The van der Waals surface area contributed by atoms with Gasteiger partial charge in [-0.05, 0) is 0 Å². The third-order valence-corrected chi connectivity index (χ3v) is 1.29. The van der Waals surface area contributed by atoms with E-state index in [9.17, 15) is 14.4 Å². The molecule has 0 aromatic carbocycles. The molecule has 0 amide bonds. The molecule has 0 saturated heterocycles. The SMILES string of the molecule is N.O=C(O)CC(O)(CC(=O)O)C(=O)O.[Nb]. The van der Waals surface area contributed by atoms with Gasteiger partial charge in [0.15, 0.2) is 5.60 Å². The van der Waals surface area contributed by atoms with E-state index in [-0.39, 0.29) is 28.5 Å². The molecule has 7 N–H and O–H groups in total. The van der Waals surface area contributed by atoms with E-state index in [1.54, 1.807) is 0 Å². The first-order valence-electron chi connectivity index (χ1n) is 3.17. The number of hydrogen-bond donors (Lipinski definition) is 5. The van der Waals surface area contributed by atoms with E-state index >= 15 is 0 Å². The Kier molecular flexibility index (Phi) is 9.64. The van der Waals surface area contributed by atoms with Gasteiger partial charge in [-0.1, -0.05) is 0 Å². The minimum Gasteiger partial charge on any atom is -0.481 e. The summed E-state index contributed by atoms with van der Waals surface area (Å²) in [6.07, 6.45) is -2.29. The summed E-state index contributed by atoms with van der Waals surface area (Å²) in [6.45, 7) is 0. The van der Waals surface area contributed by atoms with Crippen molar-refractivity contribution < 1.29 is 57.2 Å². The number of hydrogen-bond acceptors (Lipinski definition) is 5. The summed E-state index contributed by atoms with van der Waals surface area (Å²) >= 11 is 0. The molecule has 0 rings (SSSR count). The van der Waals surface area contributed by atoms with Crippen LogP contribution in [-0.2, 0) is 36.8 Å². The second-order valence-corrected chi connectivity index (χ2v) is 2.48. The third kappa shape index (κ3) is 7.05. The summed E-state index contributed by atoms with van der Waals surface area (Å²) in [4.78, 5) is 30.5. The van der Waals surface area contributed by atoms with Crippen molar-refractivity contribution in [1.82, 2.24) is 6.15 Å². The molecule has 9 heteroatoms. The second-order valence-electron chi connectivity index (χ2n) is 2.48. The average Bonchev–Trinajstić information content (AvgIpc) is 1.82. The van der Waals surface area contributed by atoms with E-state index in [1.807, 2.05) is 0 Å². The van der Waals surface area contributed by atoms with Gasteiger partial charge in [0.25, 0.3) is 0 Å². The molecule has 0 saturated carbocycles. The van der Waals surface area contributed by atoms with Gasteiger partial charge in [0.2, 0.25) is 0 Å². The van der Waals surface area contributed by atoms with E-state index < -0.39 is 36.4 Å². The van der Waals surface area contributed by atoms with Gasteiger partial charge in [-0.15, -0.1) is 0 Å². The van der Waals surface area contributed by atoms with Crippen molar-refractivity contribution in [2.45, 2.75) is 18.4 Å². The Morgan fingerprint density at radius 1 is 0.933 bits per heavy atom. The zero-order chi connectivity index (χ0) is 10.6. The fraction of sp³-hybridized carbons (Fsp3) is 0.500. The van der Waals surface area contributed by atoms with Crippen LogP contribution in [0.5, 0.6) is 0 Å². The fourth-order valence-corrected chi connectivity index (χ4v) is 0.714. The van der Waals surface area contributed by atoms with Crippen molar-refractivity contribution in [3.8, 4) is 0 Å². The van der Waals surface area contributed by atoms with Crippen LogP contribution in [0, 0.1) is 0 Å². The van der Waals surface area contributed by atoms with Gasteiger partial charge in [-0.25, -0.2) is 4.79 Å². The van der Waals surface area contributed by atoms with E-state index in [0.29, 0.717) is 0 Å². The first-order chi connectivity index (χ1) is 5.78. The summed E-state index contributed by atoms with van der Waals surface area (Å²) in [7, 11) is 0. The van der Waals surface area contributed by atoms with E-state index in [1.165, 1.54) is 0 Å². The Bertz CT molecular complexity index is 238. The molecule has 0 atom stereocenters. The van der Waals surface area contributed by atoms with E-state index in [0.717, 1.165) is 0 Å². The molecule has 0 aromatic heterocycles. The molecule has 0 spiro atoms. The van der Waals surface area contributed by atoms with Gasteiger partial charge in [-0.3, -0.25) is 9.59 Å². The van der Waals surface area contributed by atoms with Gasteiger partial charge in [-0.2, -0.15) is 0 Å². The van der Waals surface area contributed by atoms with Crippen molar-refractivity contribution in [2.75, 3.05) is 0 Å². The van der Waals surface area contributed by atoms with Crippen LogP contribution in [0.25, 0.3) is 0 Å². The Balaban J connectivity index is -0.000000720. The molecular weight excluding hydrogens is 291 g/mol. The monoisotopic (exact) mass is 302 g/mol. The van der Waals surface area contributed by atoms with E-state index in [2.05, 4.69) is 0 Å². The smallest absolute Gasteiger partial charge is 0.336 e.